The molecule has 1 heteroatoms. The Morgan fingerprint density at radius 3 is 2.44 bits per heavy atom. The second-order valence-electron chi connectivity index (χ2n) is 2.50. The monoisotopic (exact) mass is 144 g/mol. The van der Waals surface area contributed by atoms with Crippen molar-refractivity contribution in [3.05, 3.63) is 0 Å². The SMILES string of the molecule is C#CCCC(Cl)C(C)C. The molecule has 0 aromatic carbocycles. The highest BCUT2D eigenvalue weighted by molar-refractivity contribution is 6.20. The Morgan fingerprint density at radius 1 is 1.56 bits per heavy atom. The minimum Gasteiger partial charge on any atom is -0.123 e. The van der Waals surface area contributed by atoms with Gasteiger partial charge < -0.3 is 0 Å². The van der Waals surface area contributed by atoms with E-state index in [0.717, 1.165) is 12.8 Å². The molecule has 0 saturated carbocycles. The first-order chi connectivity index (χ1) is 4.18. The summed E-state index contributed by atoms with van der Waals surface area (Å²) in [5.74, 6) is 3.11. The molecule has 9 heavy (non-hydrogen) atoms. The van der Waals surface area contributed by atoms with E-state index in [-0.39, 0.29) is 5.38 Å². The molecule has 0 amide bonds. The molecule has 0 N–H and O–H groups in total. The lowest BCUT2D eigenvalue weighted by molar-refractivity contribution is 0.572. The maximum atomic E-state index is 5.90. The van der Waals surface area contributed by atoms with Crippen molar-refractivity contribution in [1.82, 2.24) is 0 Å². The smallest absolute Gasteiger partial charge is 0.0368 e. The third-order valence-electron chi connectivity index (χ3n) is 1.29. The largest absolute Gasteiger partial charge is 0.123 e. The summed E-state index contributed by atoms with van der Waals surface area (Å²) >= 11 is 5.90. The van der Waals surface area contributed by atoms with Crippen LogP contribution in [0.25, 0.3) is 0 Å². The van der Waals surface area contributed by atoms with Crippen LogP contribution in [-0.2, 0) is 0 Å². The van der Waals surface area contributed by atoms with Crippen LogP contribution >= 0.6 is 11.6 Å². The molecule has 0 radical (unpaired) electrons. The summed E-state index contributed by atoms with van der Waals surface area (Å²) < 4.78 is 0. The van der Waals surface area contributed by atoms with Crippen LogP contribution in [0.1, 0.15) is 26.7 Å². The summed E-state index contributed by atoms with van der Waals surface area (Å²) in [6, 6.07) is 0. The quantitative estimate of drug-likeness (QED) is 0.422. The van der Waals surface area contributed by atoms with Crippen LogP contribution in [0, 0.1) is 18.3 Å². The Hall–Kier alpha value is -0.150. The lowest BCUT2D eigenvalue weighted by Gasteiger charge is -2.09. The minimum atomic E-state index is 0.251. The molecule has 0 heterocycles. The van der Waals surface area contributed by atoms with Crippen molar-refractivity contribution in [3.63, 3.8) is 0 Å². The normalized spacial score (nSPS) is 13.2. The average molecular weight is 145 g/mol. The van der Waals surface area contributed by atoms with E-state index < -0.39 is 0 Å². The van der Waals surface area contributed by atoms with E-state index in [4.69, 9.17) is 18.0 Å². The predicted octanol–water partition coefficient (Wildman–Crippen LogP) is 2.66. The fraction of sp³-hybridized carbons (Fsp3) is 0.750. The molecule has 52 valence electrons. The highest BCUT2D eigenvalue weighted by Crippen LogP contribution is 2.14. The van der Waals surface area contributed by atoms with Gasteiger partial charge in [0.15, 0.2) is 0 Å². The first-order valence-electron chi connectivity index (χ1n) is 3.26. The summed E-state index contributed by atoms with van der Waals surface area (Å²) in [5, 5.41) is 0.251. The number of hydrogen-bond donors (Lipinski definition) is 0. The first kappa shape index (κ1) is 8.85. The van der Waals surface area contributed by atoms with Crippen molar-refractivity contribution in [2.75, 3.05) is 0 Å². The molecule has 0 spiro atoms. The molecule has 0 saturated heterocycles. The fourth-order valence-corrected chi connectivity index (χ4v) is 0.664. The molecule has 0 bridgehead atoms. The van der Waals surface area contributed by atoms with Gasteiger partial charge in [-0.05, 0) is 12.3 Å². The van der Waals surface area contributed by atoms with E-state index in [1.165, 1.54) is 0 Å². The molecular weight excluding hydrogens is 132 g/mol. The Labute approximate surface area is 62.6 Å². The second-order valence-corrected chi connectivity index (χ2v) is 3.06. The van der Waals surface area contributed by atoms with Gasteiger partial charge in [-0.2, -0.15) is 0 Å². The number of terminal acetylenes is 1. The van der Waals surface area contributed by atoms with E-state index in [0.29, 0.717) is 5.92 Å². The lowest BCUT2D eigenvalue weighted by Crippen LogP contribution is -2.06. The zero-order valence-electron chi connectivity index (χ0n) is 6.02. The standard InChI is InChI=1S/C8H13Cl/c1-4-5-6-8(9)7(2)3/h1,7-8H,5-6H2,2-3H3. The summed E-state index contributed by atoms with van der Waals surface area (Å²) in [6.07, 6.45) is 6.81. The molecule has 0 nitrogen and oxygen atoms in total. The topological polar surface area (TPSA) is 0 Å². The highest BCUT2D eigenvalue weighted by atomic mass is 35.5. The Bertz CT molecular complexity index is 99.6. The maximum absolute atomic E-state index is 5.90. The molecular formula is C8H13Cl. The Kier molecular flexibility index (Phi) is 4.62. The third-order valence-corrected chi connectivity index (χ3v) is 2.01. The highest BCUT2D eigenvalue weighted by Gasteiger charge is 2.06. The lowest BCUT2D eigenvalue weighted by atomic mass is 10.1. The molecule has 0 aliphatic heterocycles. The van der Waals surface area contributed by atoms with Crippen LogP contribution in [0.4, 0.5) is 0 Å². The summed E-state index contributed by atoms with van der Waals surface area (Å²) in [7, 11) is 0. The van der Waals surface area contributed by atoms with Gasteiger partial charge in [0.25, 0.3) is 0 Å². The molecule has 0 aromatic rings. The van der Waals surface area contributed by atoms with Crippen LogP contribution in [0.2, 0.25) is 0 Å². The van der Waals surface area contributed by atoms with Crippen molar-refractivity contribution in [1.29, 1.82) is 0 Å². The van der Waals surface area contributed by atoms with E-state index in [9.17, 15) is 0 Å². The van der Waals surface area contributed by atoms with Gasteiger partial charge in [0, 0.05) is 11.8 Å². The maximum Gasteiger partial charge on any atom is 0.0368 e. The van der Waals surface area contributed by atoms with Gasteiger partial charge in [-0.15, -0.1) is 23.9 Å². The molecule has 0 aromatic heterocycles. The number of rotatable bonds is 3. The van der Waals surface area contributed by atoms with Gasteiger partial charge in [0.1, 0.15) is 0 Å². The molecule has 0 aliphatic carbocycles. The first-order valence-corrected chi connectivity index (χ1v) is 3.69. The van der Waals surface area contributed by atoms with Gasteiger partial charge in [-0.25, -0.2) is 0 Å². The van der Waals surface area contributed by atoms with Crippen molar-refractivity contribution < 1.29 is 0 Å². The van der Waals surface area contributed by atoms with Crippen molar-refractivity contribution >= 4 is 11.6 Å². The summed E-state index contributed by atoms with van der Waals surface area (Å²) in [5.41, 5.74) is 0. The van der Waals surface area contributed by atoms with Gasteiger partial charge in [-0.3, -0.25) is 0 Å². The van der Waals surface area contributed by atoms with Gasteiger partial charge >= 0.3 is 0 Å². The zero-order valence-corrected chi connectivity index (χ0v) is 6.78. The van der Waals surface area contributed by atoms with E-state index in [2.05, 4.69) is 19.8 Å². The van der Waals surface area contributed by atoms with Crippen LogP contribution in [0.3, 0.4) is 0 Å². The molecule has 1 unspecified atom stereocenters. The number of halogens is 1. The zero-order chi connectivity index (χ0) is 7.28. The third kappa shape index (κ3) is 4.36. The van der Waals surface area contributed by atoms with E-state index in [1.807, 2.05) is 0 Å². The van der Waals surface area contributed by atoms with Crippen molar-refractivity contribution in [2.45, 2.75) is 32.1 Å². The van der Waals surface area contributed by atoms with Crippen molar-refractivity contribution in [3.8, 4) is 12.3 Å². The minimum absolute atomic E-state index is 0.251. The van der Waals surface area contributed by atoms with Crippen LogP contribution < -0.4 is 0 Å². The van der Waals surface area contributed by atoms with Gasteiger partial charge in [-0.1, -0.05) is 13.8 Å². The molecule has 0 rings (SSSR count). The van der Waals surface area contributed by atoms with Crippen LogP contribution in [0.5, 0.6) is 0 Å². The summed E-state index contributed by atoms with van der Waals surface area (Å²) in [4.78, 5) is 0. The summed E-state index contributed by atoms with van der Waals surface area (Å²) in [6.45, 7) is 4.21. The molecule has 0 aliphatic rings. The van der Waals surface area contributed by atoms with Gasteiger partial charge in [0.05, 0.1) is 0 Å². The Balaban J connectivity index is 3.29. The van der Waals surface area contributed by atoms with Gasteiger partial charge in [0.2, 0.25) is 0 Å². The Morgan fingerprint density at radius 2 is 2.11 bits per heavy atom. The second kappa shape index (κ2) is 4.70. The van der Waals surface area contributed by atoms with Crippen LogP contribution in [0.15, 0.2) is 0 Å². The van der Waals surface area contributed by atoms with E-state index >= 15 is 0 Å². The fourth-order valence-electron chi connectivity index (χ4n) is 0.555. The molecule has 0 fully saturated rings. The molecule has 1 atom stereocenters. The van der Waals surface area contributed by atoms with E-state index in [1.54, 1.807) is 0 Å². The number of alkyl halides is 1. The number of hydrogen-bond acceptors (Lipinski definition) is 0. The predicted molar refractivity (Wildman–Crippen MR) is 42.5 cm³/mol. The average Bonchev–Trinajstić information content (AvgIpc) is 1.82. The van der Waals surface area contributed by atoms with Crippen molar-refractivity contribution in [2.24, 2.45) is 5.92 Å². The van der Waals surface area contributed by atoms with Crippen LogP contribution in [-0.4, -0.2) is 5.38 Å².